The second kappa shape index (κ2) is 13.8. The van der Waals surface area contributed by atoms with Gasteiger partial charge in [-0.3, -0.25) is 4.79 Å². The first-order valence-electron chi connectivity index (χ1n) is 10.4. The van der Waals surface area contributed by atoms with Crippen molar-refractivity contribution in [1.82, 2.24) is 10.2 Å². The van der Waals surface area contributed by atoms with Crippen molar-refractivity contribution in [3.05, 3.63) is 58.1 Å². The number of benzene rings is 2. The number of halogens is 3. The summed E-state index contributed by atoms with van der Waals surface area (Å²) in [7, 11) is 1.62. The Hall–Kier alpha value is -1.70. The van der Waals surface area contributed by atoms with E-state index in [4.69, 9.17) is 37.4 Å². The molecule has 3 rings (SSSR count). The van der Waals surface area contributed by atoms with Crippen LogP contribution in [-0.2, 0) is 4.74 Å². The minimum absolute atomic E-state index is 0. The van der Waals surface area contributed by atoms with E-state index in [1.165, 1.54) is 0 Å². The molecule has 1 amide bonds. The monoisotopic (exact) mass is 502 g/mol. The summed E-state index contributed by atoms with van der Waals surface area (Å²) < 4.78 is 16.6. The molecule has 32 heavy (non-hydrogen) atoms. The number of hydrogen-bond acceptors (Lipinski definition) is 5. The zero-order chi connectivity index (χ0) is 22.1. The standard InChI is InChI=1S/C23H28Cl2N2O4.ClH/c1-29-13-14-30-19-4-2-3-17(15-19)23(28)26-9-12-27-10-7-18(8-11-27)31-20-5-6-21(24)22(25)16-20;/h2-6,15-16,18H,7-14H2,1H3,(H,26,28);1H. The molecule has 0 radical (unpaired) electrons. The maximum atomic E-state index is 12.4. The Morgan fingerprint density at radius 2 is 1.84 bits per heavy atom. The number of rotatable bonds is 10. The maximum absolute atomic E-state index is 12.4. The van der Waals surface area contributed by atoms with Crippen LogP contribution in [0.2, 0.25) is 10.0 Å². The van der Waals surface area contributed by atoms with Crippen LogP contribution in [0.3, 0.4) is 0 Å². The highest BCUT2D eigenvalue weighted by Gasteiger charge is 2.20. The van der Waals surface area contributed by atoms with Crippen LogP contribution in [0.15, 0.2) is 42.5 Å². The van der Waals surface area contributed by atoms with Gasteiger partial charge in [0.15, 0.2) is 0 Å². The number of likely N-dealkylation sites (tertiary alicyclic amines) is 1. The molecule has 0 unspecified atom stereocenters. The largest absolute Gasteiger partial charge is 0.491 e. The fraction of sp³-hybridized carbons (Fsp3) is 0.435. The molecule has 0 atom stereocenters. The van der Waals surface area contributed by atoms with Crippen molar-refractivity contribution >= 4 is 41.5 Å². The predicted molar refractivity (Wildman–Crippen MR) is 130 cm³/mol. The van der Waals surface area contributed by atoms with Gasteiger partial charge in [-0.15, -0.1) is 12.4 Å². The zero-order valence-electron chi connectivity index (χ0n) is 18.0. The van der Waals surface area contributed by atoms with E-state index >= 15 is 0 Å². The summed E-state index contributed by atoms with van der Waals surface area (Å²) in [6.07, 6.45) is 2.01. The highest BCUT2D eigenvalue weighted by Crippen LogP contribution is 2.28. The number of hydrogen-bond donors (Lipinski definition) is 1. The number of ether oxygens (including phenoxy) is 3. The van der Waals surface area contributed by atoms with Crippen molar-refractivity contribution in [1.29, 1.82) is 0 Å². The van der Waals surface area contributed by atoms with Crippen molar-refractivity contribution in [3.63, 3.8) is 0 Å². The van der Waals surface area contributed by atoms with Gasteiger partial charge in [0.2, 0.25) is 0 Å². The van der Waals surface area contributed by atoms with E-state index < -0.39 is 0 Å². The maximum Gasteiger partial charge on any atom is 0.251 e. The van der Waals surface area contributed by atoms with Gasteiger partial charge in [-0.2, -0.15) is 0 Å². The van der Waals surface area contributed by atoms with E-state index in [1.807, 2.05) is 18.2 Å². The molecule has 1 saturated heterocycles. The molecule has 0 aliphatic carbocycles. The van der Waals surface area contributed by atoms with E-state index in [1.54, 1.807) is 31.4 Å². The van der Waals surface area contributed by atoms with Gasteiger partial charge in [0, 0.05) is 44.9 Å². The van der Waals surface area contributed by atoms with Gasteiger partial charge >= 0.3 is 0 Å². The number of amides is 1. The lowest BCUT2D eigenvalue weighted by Crippen LogP contribution is -2.42. The highest BCUT2D eigenvalue weighted by molar-refractivity contribution is 6.42. The number of methoxy groups -OCH3 is 1. The first-order valence-corrected chi connectivity index (χ1v) is 11.1. The summed E-state index contributed by atoms with van der Waals surface area (Å²) >= 11 is 12.0. The molecule has 2 aromatic rings. The van der Waals surface area contributed by atoms with Crippen molar-refractivity contribution in [2.24, 2.45) is 0 Å². The third-order valence-electron chi connectivity index (χ3n) is 5.09. The van der Waals surface area contributed by atoms with Gasteiger partial charge in [-0.25, -0.2) is 0 Å². The first-order chi connectivity index (χ1) is 15.0. The lowest BCUT2D eigenvalue weighted by atomic mass is 10.1. The van der Waals surface area contributed by atoms with Crippen LogP contribution in [0.5, 0.6) is 11.5 Å². The summed E-state index contributed by atoms with van der Waals surface area (Å²) in [4.78, 5) is 14.8. The third kappa shape index (κ3) is 8.34. The second-order valence-electron chi connectivity index (χ2n) is 7.36. The molecule has 1 N–H and O–H groups in total. The van der Waals surface area contributed by atoms with Crippen LogP contribution in [0.1, 0.15) is 23.2 Å². The molecular formula is C23H29Cl3N2O4. The van der Waals surface area contributed by atoms with Gasteiger partial charge in [0.05, 0.1) is 16.7 Å². The Labute approximate surface area is 205 Å². The van der Waals surface area contributed by atoms with Crippen molar-refractivity contribution in [3.8, 4) is 11.5 Å². The van der Waals surface area contributed by atoms with Crippen LogP contribution in [-0.4, -0.2) is 63.4 Å². The van der Waals surface area contributed by atoms with E-state index in [0.29, 0.717) is 41.1 Å². The van der Waals surface area contributed by atoms with E-state index in [0.717, 1.165) is 38.2 Å². The van der Waals surface area contributed by atoms with Crippen molar-refractivity contribution < 1.29 is 19.0 Å². The SMILES string of the molecule is COCCOc1cccc(C(=O)NCCN2CCC(Oc3ccc(Cl)c(Cl)c3)CC2)c1.Cl. The Kier molecular flexibility index (Phi) is 11.4. The van der Waals surface area contributed by atoms with Crippen molar-refractivity contribution in [2.45, 2.75) is 18.9 Å². The second-order valence-corrected chi connectivity index (χ2v) is 8.17. The van der Waals surface area contributed by atoms with Crippen LogP contribution in [0, 0.1) is 0 Å². The van der Waals surface area contributed by atoms with Crippen LogP contribution < -0.4 is 14.8 Å². The molecule has 0 spiro atoms. The third-order valence-corrected chi connectivity index (χ3v) is 5.83. The quantitative estimate of drug-likeness (QED) is 0.476. The summed E-state index contributed by atoms with van der Waals surface area (Å²) in [5.74, 6) is 1.30. The molecule has 1 aliphatic heterocycles. The van der Waals surface area contributed by atoms with Gasteiger partial charge in [-0.1, -0.05) is 29.3 Å². The summed E-state index contributed by atoms with van der Waals surface area (Å²) in [5, 5.41) is 4.01. The molecule has 9 heteroatoms. The smallest absolute Gasteiger partial charge is 0.251 e. The van der Waals surface area contributed by atoms with Crippen molar-refractivity contribution in [2.75, 3.05) is 46.5 Å². The molecule has 0 aromatic heterocycles. The first kappa shape index (κ1) is 26.6. The molecule has 1 fully saturated rings. The molecule has 176 valence electrons. The summed E-state index contributed by atoms with van der Waals surface area (Å²) in [6, 6.07) is 12.5. The average Bonchev–Trinajstić information content (AvgIpc) is 2.78. The molecule has 1 heterocycles. The Balaban J connectivity index is 0.00000363. The number of carbonyl (C=O) groups excluding carboxylic acids is 1. The van der Waals surface area contributed by atoms with Gasteiger partial charge in [0.25, 0.3) is 5.91 Å². The molecule has 1 aliphatic rings. The molecule has 2 aromatic carbocycles. The Morgan fingerprint density at radius 1 is 1.06 bits per heavy atom. The van der Waals surface area contributed by atoms with Crippen LogP contribution in [0.25, 0.3) is 0 Å². The Bertz CT molecular complexity index is 861. The lowest BCUT2D eigenvalue weighted by molar-refractivity contribution is 0.0905. The lowest BCUT2D eigenvalue weighted by Gasteiger charge is -2.32. The van der Waals surface area contributed by atoms with Crippen LogP contribution in [0.4, 0.5) is 0 Å². The highest BCUT2D eigenvalue weighted by atomic mass is 35.5. The molecular weight excluding hydrogens is 475 g/mol. The number of nitrogens with zero attached hydrogens (tertiary/aromatic N) is 1. The topological polar surface area (TPSA) is 60.0 Å². The minimum atomic E-state index is -0.102. The fourth-order valence-corrected chi connectivity index (χ4v) is 3.68. The van der Waals surface area contributed by atoms with E-state index in [9.17, 15) is 4.79 Å². The summed E-state index contributed by atoms with van der Waals surface area (Å²) in [5.41, 5.74) is 0.587. The molecule has 0 bridgehead atoms. The van der Waals surface area contributed by atoms with Gasteiger partial charge < -0.3 is 24.4 Å². The average molecular weight is 504 g/mol. The number of piperidine rings is 1. The van der Waals surface area contributed by atoms with Gasteiger partial charge in [-0.05, 0) is 43.2 Å². The number of nitrogens with one attached hydrogen (secondary N) is 1. The predicted octanol–water partition coefficient (Wildman–Crippen LogP) is 4.71. The minimum Gasteiger partial charge on any atom is -0.491 e. The zero-order valence-corrected chi connectivity index (χ0v) is 20.3. The van der Waals surface area contributed by atoms with Gasteiger partial charge in [0.1, 0.15) is 24.2 Å². The molecule has 6 nitrogen and oxygen atoms in total. The van der Waals surface area contributed by atoms with E-state index in [-0.39, 0.29) is 24.4 Å². The van der Waals surface area contributed by atoms with E-state index in [2.05, 4.69) is 10.2 Å². The molecule has 0 saturated carbocycles. The normalized spacial score (nSPS) is 14.5. The summed E-state index contributed by atoms with van der Waals surface area (Å²) in [6.45, 7) is 4.19. The fourth-order valence-electron chi connectivity index (χ4n) is 3.39. The van der Waals surface area contributed by atoms with Crippen LogP contribution >= 0.6 is 35.6 Å². The number of carbonyl (C=O) groups is 1. The Morgan fingerprint density at radius 3 is 2.56 bits per heavy atom.